The van der Waals surface area contributed by atoms with Gasteiger partial charge in [-0.3, -0.25) is 4.98 Å². The topological polar surface area (TPSA) is 67.4 Å². The van der Waals surface area contributed by atoms with Crippen molar-refractivity contribution >= 4 is 17.8 Å². The lowest BCUT2D eigenvalue weighted by molar-refractivity contribution is 0.0834. The van der Waals surface area contributed by atoms with Gasteiger partial charge in [0.1, 0.15) is 0 Å². The minimum Gasteiger partial charge on any atom is -0.376 e. The van der Waals surface area contributed by atoms with Crippen molar-refractivity contribution in [2.45, 2.75) is 19.0 Å². The Bertz CT molecular complexity index is 209. The summed E-state index contributed by atoms with van der Waals surface area (Å²) in [5.41, 5.74) is -0.177. The summed E-state index contributed by atoms with van der Waals surface area (Å²) in [4.78, 5) is 3.22. The highest BCUT2D eigenvalue weighted by Gasteiger charge is 2.53. The lowest BCUT2D eigenvalue weighted by Crippen LogP contribution is -2.69. The highest BCUT2D eigenvalue weighted by Crippen LogP contribution is 2.17. The van der Waals surface area contributed by atoms with Crippen LogP contribution in [-0.4, -0.2) is 66.1 Å². The smallest absolute Gasteiger partial charge is 0.376 e. The molecule has 1 N–H and O–H groups in total. The van der Waals surface area contributed by atoms with Crippen molar-refractivity contribution in [3.8, 4) is 0 Å². The Balaban J connectivity index is 5.07. The second-order valence-electron chi connectivity index (χ2n) is 3.49. The molecule has 0 amide bonds. The van der Waals surface area contributed by atoms with E-state index < -0.39 is 17.8 Å². The summed E-state index contributed by atoms with van der Waals surface area (Å²) in [6.07, 6.45) is 0.729. The molecule has 0 aromatic heterocycles. The lowest BCUT2D eigenvalue weighted by atomic mass is 10.5. The number of hydrogen-bond donors (Lipinski definition) is 1. The van der Waals surface area contributed by atoms with Crippen molar-refractivity contribution in [3.05, 3.63) is 0 Å². The van der Waals surface area contributed by atoms with Crippen LogP contribution in [0.25, 0.3) is 0 Å². The van der Waals surface area contributed by atoms with E-state index in [4.69, 9.17) is 26.6 Å². The molecule has 110 valence electrons. The Morgan fingerprint density at radius 2 is 1.17 bits per heavy atom. The Hall–Kier alpha value is 0.154. The summed E-state index contributed by atoms with van der Waals surface area (Å²) in [7, 11) is 3.58. The molecule has 1 unspecified atom stereocenters. The highest BCUT2D eigenvalue weighted by atomic mass is 28.4. The molecule has 1 atom stereocenters. The zero-order chi connectivity index (χ0) is 14.2. The summed E-state index contributed by atoms with van der Waals surface area (Å²) in [5, 5.41) is 0. The minimum atomic E-state index is -2.92. The SMILES string of the molecule is CCC(N[Si](OC)(OC)OC)[Si](OC)(OC)OC. The number of rotatable bonds is 10. The molecule has 0 rings (SSSR count). The van der Waals surface area contributed by atoms with Gasteiger partial charge >= 0.3 is 17.8 Å². The van der Waals surface area contributed by atoms with Crippen LogP contribution >= 0.6 is 0 Å². The molecule has 0 aliphatic carbocycles. The maximum absolute atomic E-state index is 5.46. The molecule has 0 aliphatic rings. The second-order valence-corrected chi connectivity index (χ2v) is 9.24. The molecule has 9 heteroatoms. The van der Waals surface area contributed by atoms with E-state index in [1.807, 2.05) is 6.92 Å². The Morgan fingerprint density at radius 3 is 1.39 bits per heavy atom. The van der Waals surface area contributed by atoms with E-state index in [1.54, 1.807) is 21.3 Å². The molecule has 0 fully saturated rings. The van der Waals surface area contributed by atoms with Crippen molar-refractivity contribution in [2.24, 2.45) is 0 Å². The maximum atomic E-state index is 5.46. The third-order valence-electron chi connectivity index (χ3n) is 2.85. The molecule has 18 heavy (non-hydrogen) atoms. The average Bonchev–Trinajstić information content (AvgIpc) is 2.45. The molecule has 0 aliphatic heterocycles. The van der Waals surface area contributed by atoms with Gasteiger partial charge in [-0.15, -0.1) is 0 Å². The fraction of sp³-hybridized carbons (Fsp3) is 1.00. The van der Waals surface area contributed by atoms with Gasteiger partial charge < -0.3 is 26.6 Å². The van der Waals surface area contributed by atoms with E-state index in [0.717, 1.165) is 6.42 Å². The Morgan fingerprint density at radius 1 is 0.778 bits per heavy atom. The van der Waals surface area contributed by atoms with Crippen LogP contribution in [0.4, 0.5) is 0 Å². The zero-order valence-electron chi connectivity index (χ0n) is 12.2. The van der Waals surface area contributed by atoms with Gasteiger partial charge in [-0.2, -0.15) is 0 Å². The molecule has 0 bridgehead atoms. The van der Waals surface area contributed by atoms with Crippen LogP contribution in [0, 0.1) is 0 Å². The van der Waals surface area contributed by atoms with Crippen LogP contribution in [0.15, 0.2) is 0 Å². The quantitative estimate of drug-likeness (QED) is 0.576. The summed E-state index contributed by atoms with van der Waals surface area (Å²) >= 11 is 0. The second kappa shape index (κ2) is 8.35. The zero-order valence-corrected chi connectivity index (χ0v) is 14.2. The third-order valence-corrected chi connectivity index (χ3v) is 8.56. The van der Waals surface area contributed by atoms with Crippen molar-refractivity contribution in [1.29, 1.82) is 0 Å². The first kappa shape index (κ1) is 18.2. The molecule has 7 nitrogen and oxygen atoms in total. The molecule has 0 heterocycles. The van der Waals surface area contributed by atoms with Crippen molar-refractivity contribution in [2.75, 3.05) is 42.7 Å². The van der Waals surface area contributed by atoms with E-state index in [-0.39, 0.29) is 5.67 Å². The standard InChI is InChI=1S/C9H25NO6Si2/c1-8-9(17(11-2,12-3)13-4)10-18(14-5,15-6)16-7/h9-10H,8H2,1-7H3. The normalized spacial score (nSPS) is 14.8. The van der Waals surface area contributed by atoms with Crippen LogP contribution in [0.5, 0.6) is 0 Å². The van der Waals surface area contributed by atoms with Crippen LogP contribution < -0.4 is 4.98 Å². The highest BCUT2D eigenvalue weighted by molar-refractivity contribution is 6.66. The van der Waals surface area contributed by atoms with Crippen LogP contribution in [0.3, 0.4) is 0 Å². The van der Waals surface area contributed by atoms with Gasteiger partial charge in [0, 0.05) is 42.7 Å². The monoisotopic (exact) mass is 299 g/mol. The average molecular weight is 299 g/mol. The molecule has 0 aromatic rings. The van der Waals surface area contributed by atoms with Gasteiger partial charge in [-0.1, -0.05) is 6.92 Å². The van der Waals surface area contributed by atoms with E-state index >= 15 is 0 Å². The van der Waals surface area contributed by atoms with E-state index in [9.17, 15) is 0 Å². The first-order valence-electron chi connectivity index (χ1n) is 5.62. The van der Waals surface area contributed by atoms with Crippen molar-refractivity contribution in [1.82, 2.24) is 4.98 Å². The Labute approximate surface area is 111 Å². The van der Waals surface area contributed by atoms with E-state index in [0.29, 0.717) is 0 Å². The van der Waals surface area contributed by atoms with Crippen LogP contribution in [-0.2, 0) is 26.6 Å². The maximum Gasteiger partial charge on any atom is 0.596 e. The summed E-state index contributed by atoms with van der Waals surface area (Å²) in [6, 6.07) is 0. The fourth-order valence-electron chi connectivity index (χ4n) is 1.76. The van der Waals surface area contributed by atoms with Crippen LogP contribution in [0.2, 0.25) is 0 Å². The van der Waals surface area contributed by atoms with Crippen molar-refractivity contribution in [3.63, 3.8) is 0 Å². The predicted molar refractivity (Wildman–Crippen MR) is 70.8 cm³/mol. The summed E-state index contributed by atoms with van der Waals surface area (Å²) < 4.78 is 32.4. The molecular weight excluding hydrogens is 274 g/mol. The summed E-state index contributed by atoms with van der Waals surface area (Å²) in [6.45, 7) is 2.00. The summed E-state index contributed by atoms with van der Waals surface area (Å²) in [5.74, 6) is 0. The van der Waals surface area contributed by atoms with Crippen LogP contribution in [0.1, 0.15) is 13.3 Å². The van der Waals surface area contributed by atoms with Gasteiger partial charge in [0.15, 0.2) is 0 Å². The minimum absolute atomic E-state index is 0.177. The van der Waals surface area contributed by atoms with E-state index in [2.05, 4.69) is 4.98 Å². The van der Waals surface area contributed by atoms with Gasteiger partial charge in [0.2, 0.25) is 0 Å². The van der Waals surface area contributed by atoms with E-state index in [1.165, 1.54) is 21.3 Å². The first-order chi connectivity index (χ1) is 8.53. The van der Waals surface area contributed by atoms with Gasteiger partial charge in [-0.25, -0.2) is 0 Å². The van der Waals surface area contributed by atoms with Crippen molar-refractivity contribution < 1.29 is 26.6 Å². The van der Waals surface area contributed by atoms with Gasteiger partial charge in [-0.05, 0) is 6.42 Å². The predicted octanol–water partition coefficient (Wildman–Crippen LogP) is 0.147. The largest absolute Gasteiger partial charge is 0.596 e. The molecule has 0 saturated carbocycles. The molecule has 0 spiro atoms. The molecule has 0 radical (unpaired) electrons. The molecular formula is C9H25NO6Si2. The first-order valence-corrected chi connectivity index (χ1v) is 9.14. The number of nitrogens with one attached hydrogen (secondary N) is 1. The lowest BCUT2D eigenvalue weighted by Gasteiger charge is -2.36. The number of hydrogen-bond acceptors (Lipinski definition) is 7. The Kier molecular flexibility index (Phi) is 8.42. The molecule has 0 aromatic carbocycles. The fourth-order valence-corrected chi connectivity index (χ4v) is 6.33. The third kappa shape index (κ3) is 3.82. The molecule has 0 saturated heterocycles. The van der Waals surface area contributed by atoms with Gasteiger partial charge in [0.25, 0.3) is 0 Å². The van der Waals surface area contributed by atoms with Gasteiger partial charge in [0.05, 0.1) is 5.67 Å².